The van der Waals surface area contributed by atoms with E-state index in [-0.39, 0.29) is 12.1 Å². The zero-order valence-corrected chi connectivity index (χ0v) is 10.2. The second kappa shape index (κ2) is 5.10. The highest BCUT2D eigenvalue weighted by atomic mass is 79.9. The third-order valence-electron chi connectivity index (χ3n) is 2.86. The second-order valence-corrected chi connectivity index (χ2v) is 4.99. The second-order valence-electron chi connectivity index (χ2n) is 4.07. The number of benzene rings is 1. The Morgan fingerprint density at radius 2 is 2.27 bits per heavy atom. The molecule has 0 spiro atoms. The van der Waals surface area contributed by atoms with Crippen LogP contribution < -0.4 is 5.73 Å². The molecule has 1 saturated carbocycles. The van der Waals surface area contributed by atoms with Crippen LogP contribution in [0.3, 0.4) is 0 Å². The van der Waals surface area contributed by atoms with E-state index in [2.05, 4.69) is 28.1 Å². The molecule has 0 bridgehead atoms. The van der Waals surface area contributed by atoms with Gasteiger partial charge in [0.1, 0.15) is 0 Å². The van der Waals surface area contributed by atoms with Crippen molar-refractivity contribution in [1.82, 2.24) is 0 Å². The van der Waals surface area contributed by atoms with Gasteiger partial charge in [-0.25, -0.2) is 0 Å². The van der Waals surface area contributed by atoms with Crippen LogP contribution in [0.1, 0.15) is 24.8 Å². The highest BCUT2D eigenvalue weighted by Crippen LogP contribution is 2.22. The molecular weight excluding hydrogens is 254 g/mol. The van der Waals surface area contributed by atoms with Crippen molar-refractivity contribution >= 4 is 15.9 Å². The summed E-state index contributed by atoms with van der Waals surface area (Å²) in [7, 11) is 0. The third kappa shape index (κ3) is 3.03. The molecule has 0 saturated heterocycles. The molecule has 2 N–H and O–H groups in total. The number of halogens is 1. The third-order valence-corrected chi connectivity index (χ3v) is 3.35. The molecule has 2 nitrogen and oxygen atoms in total. The Labute approximate surface area is 98.9 Å². The summed E-state index contributed by atoms with van der Waals surface area (Å²) in [6, 6.07) is 8.44. The molecule has 0 radical (unpaired) electrons. The van der Waals surface area contributed by atoms with Crippen molar-refractivity contribution in [3.05, 3.63) is 34.3 Å². The lowest BCUT2D eigenvalue weighted by Crippen LogP contribution is -2.31. The van der Waals surface area contributed by atoms with Crippen LogP contribution >= 0.6 is 15.9 Å². The molecule has 15 heavy (non-hydrogen) atoms. The molecular formula is C12H16BrNO. The van der Waals surface area contributed by atoms with Crippen molar-refractivity contribution in [2.75, 3.05) is 0 Å². The molecule has 1 fully saturated rings. The molecule has 0 amide bonds. The average Bonchev–Trinajstić information content (AvgIpc) is 2.61. The lowest BCUT2D eigenvalue weighted by molar-refractivity contribution is 0.0357. The Morgan fingerprint density at radius 3 is 2.93 bits per heavy atom. The predicted octanol–water partition coefficient (Wildman–Crippen LogP) is 2.85. The van der Waals surface area contributed by atoms with E-state index in [1.165, 1.54) is 12.0 Å². The molecule has 3 heteroatoms. The molecule has 2 atom stereocenters. The number of rotatable bonds is 3. The van der Waals surface area contributed by atoms with Gasteiger partial charge in [-0.3, -0.25) is 0 Å². The van der Waals surface area contributed by atoms with Gasteiger partial charge in [-0.05, 0) is 37.0 Å². The van der Waals surface area contributed by atoms with Crippen LogP contribution in [-0.2, 0) is 11.3 Å². The Hall–Kier alpha value is -0.380. The van der Waals surface area contributed by atoms with Crippen molar-refractivity contribution in [3.63, 3.8) is 0 Å². The Kier molecular flexibility index (Phi) is 3.78. The Morgan fingerprint density at radius 1 is 1.40 bits per heavy atom. The molecule has 0 aliphatic heterocycles. The van der Waals surface area contributed by atoms with Crippen LogP contribution in [0.25, 0.3) is 0 Å². The summed E-state index contributed by atoms with van der Waals surface area (Å²) in [5.74, 6) is 0. The smallest absolute Gasteiger partial charge is 0.0730 e. The van der Waals surface area contributed by atoms with Crippen LogP contribution in [0.5, 0.6) is 0 Å². The van der Waals surface area contributed by atoms with E-state index in [1.807, 2.05) is 12.1 Å². The number of hydrogen-bond donors (Lipinski definition) is 1. The lowest BCUT2D eigenvalue weighted by Gasteiger charge is -2.16. The zero-order chi connectivity index (χ0) is 10.7. The van der Waals surface area contributed by atoms with E-state index in [1.54, 1.807) is 0 Å². The fourth-order valence-electron chi connectivity index (χ4n) is 1.99. The van der Waals surface area contributed by atoms with Crippen molar-refractivity contribution in [2.45, 2.75) is 38.0 Å². The minimum atomic E-state index is 0.233. The number of nitrogens with two attached hydrogens (primary N) is 1. The summed E-state index contributed by atoms with van der Waals surface area (Å²) in [5.41, 5.74) is 7.14. The molecule has 1 aromatic rings. The van der Waals surface area contributed by atoms with Crippen LogP contribution in [0.4, 0.5) is 0 Å². The highest BCUT2D eigenvalue weighted by Gasteiger charge is 2.24. The normalized spacial score (nSPS) is 25.7. The summed E-state index contributed by atoms with van der Waals surface area (Å²) in [6.07, 6.45) is 3.66. The molecule has 0 aromatic heterocycles. The van der Waals surface area contributed by atoms with Gasteiger partial charge in [0.25, 0.3) is 0 Å². The van der Waals surface area contributed by atoms with Crippen molar-refractivity contribution in [2.24, 2.45) is 5.73 Å². The SMILES string of the molecule is N[C@H]1CCC[C@@H]1OCc1cccc(Br)c1. The van der Waals surface area contributed by atoms with Crippen LogP contribution in [-0.4, -0.2) is 12.1 Å². The number of ether oxygens (including phenoxy) is 1. The van der Waals surface area contributed by atoms with E-state index < -0.39 is 0 Å². The van der Waals surface area contributed by atoms with Gasteiger partial charge in [0.2, 0.25) is 0 Å². The van der Waals surface area contributed by atoms with Gasteiger partial charge in [-0.1, -0.05) is 28.1 Å². The van der Waals surface area contributed by atoms with Gasteiger partial charge in [0, 0.05) is 10.5 Å². The maximum atomic E-state index is 5.94. The fraction of sp³-hybridized carbons (Fsp3) is 0.500. The summed E-state index contributed by atoms with van der Waals surface area (Å²) in [6.45, 7) is 0.664. The molecule has 2 rings (SSSR count). The van der Waals surface area contributed by atoms with Gasteiger partial charge in [-0.15, -0.1) is 0 Å². The molecule has 0 unspecified atom stereocenters. The average molecular weight is 270 g/mol. The van der Waals surface area contributed by atoms with Gasteiger partial charge >= 0.3 is 0 Å². The molecule has 1 aromatic carbocycles. The summed E-state index contributed by atoms with van der Waals surface area (Å²) in [5, 5.41) is 0. The van der Waals surface area contributed by atoms with Crippen LogP contribution in [0.15, 0.2) is 28.7 Å². The van der Waals surface area contributed by atoms with Crippen molar-refractivity contribution in [3.8, 4) is 0 Å². The largest absolute Gasteiger partial charge is 0.372 e. The van der Waals surface area contributed by atoms with Gasteiger partial charge in [-0.2, -0.15) is 0 Å². The van der Waals surface area contributed by atoms with E-state index in [4.69, 9.17) is 10.5 Å². The summed E-state index contributed by atoms with van der Waals surface area (Å²) >= 11 is 3.45. The van der Waals surface area contributed by atoms with E-state index in [9.17, 15) is 0 Å². The van der Waals surface area contributed by atoms with Crippen molar-refractivity contribution < 1.29 is 4.74 Å². The summed E-state index contributed by atoms with van der Waals surface area (Å²) < 4.78 is 6.91. The molecule has 0 heterocycles. The predicted molar refractivity (Wildman–Crippen MR) is 64.5 cm³/mol. The van der Waals surface area contributed by atoms with Gasteiger partial charge in [0.05, 0.1) is 12.7 Å². The highest BCUT2D eigenvalue weighted by molar-refractivity contribution is 9.10. The van der Waals surface area contributed by atoms with E-state index in [0.29, 0.717) is 6.61 Å². The minimum absolute atomic E-state index is 0.233. The van der Waals surface area contributed by atoms with E-state index >= 15 is 0 Å². The maximum absolute atomic E-state index is 5.94. The van der Waals surface area contributed by atoms with Gasteiger partial charge < -0.3 is 10.5 Å². The fourth-order valence-corrected chi connectivity index (χ4v) is 2.44. The number of hydrogen-bond acceptors (Lipinski definition) is 2. The molecule has 82 valence electrons. The maximum Gasteiger partial charge on any atom is 0.0730 e. The first-order valence-electron chi connectivity index (χ1n) is 5.37. The van der Waals surface area contributed by atoms with E-state index in [0.717, 1.165) is 17.3 Å². The van der Waals surface area contributed by atoms with Crippen LogP contribution in [0.2, 0.25) is 0 Å². The lowest BCUT2D eigenvalue weighted by atomic mass is 10.2. The van der Waals surface area contributed by atoms with Crippen molar-refractivity contribution in [1.29, 1.82) is 0 Å². The minimum Gasteiger partial charge on any atom is -0.372 e. The zero-order valence-electron chi connectivity index (χ0n) is 8.66. The molecule has 1 aliphatic carbocycles. The Bertz CT molecular complexity index is 329. The molecule has 1 aliphatic rings. The Balaban J connectivity index is 1.87. The summed E-state index contributed by atoms with van der Waals surface area (Å²) in [4.78, 5) is 0. The first-order chi connectivity index (χ1) is 7.25. The first kappa shape index (κ1) is 11.1. The quantitative estimate of drug-likeness (QED) is 0.916. The van der Waals surface area contributed by atoms with Gasteiger partial charge in [0.15, 0.2) is 0 Å². The topological polar surface area (TPSA) is 35.2 Å². The van der Waals surface area contributed by atoms with Crippen LogP contribution in [0, 0.1) is 0 Å². The standard InChI is InChI=1S/C12H16BrNO/c13-10-4-1-3-9(7-10)8-15-12-6-2-5-11(12)14/h1,3-4,7,11-12H,2,5-6,8,14H2/t11-,12-/m0/s1. The monoisotopic (exact) mass is 269 g/mol. The first-order valence-corrected chi connectivity index (χ1v) is 6.16.